The van der Waals surface area contributed by atoms with Gasteiger partial charge in [-0.15, -0.1) is 0 Å². The van der Waals surface area contributed by atoms with Crippen LogP contribution in [-0.4, -0.2) is 32.0 Å². The van der Waals surface area contributed by atoms with Crippen molar-refractivity contribution in [3.63, 3.8) is 0 Å². The van der Waals surface area contributed by atoms with Gasteiger partial charge in [-0.25, -0.2) is 9.67 Å². The summed E-state index contributed by atoms with van der Waals surface area (Å²) in [5, 5.41) is 14.0. The molecule has 3 rings (SSSR count). The predicted octanol–water partition coefficient (Wildman–Crippen LogP) is 0.299. The Kier molecular flexibility index (Phi) is 4.07. The van der Waals surface area contributed by atoms with Crippen molar-refractivity contribution in [1.82, 2.24) is 19.7 Å². The largest absolute Gasteiger partial charge is 0.504 e. The van der Waals surface area contributed by atoms with Crippen molar-refractivity contribution in [2.75, 3.05) is 7.11 Å². The summed E-state index contributed by atoms with van der Waals surface area (Å²) in [6.45, 7) is 3.90. The summed E-state index contributed by atoms with van der Waals surface area (Å²) < 4.78 is 6.66. The second kappa shape index (κ2) is 6.19. The molecule has 1 aromatic carbocycles. The molecule has 7 heteroatoms. The number of phenols is 1. The van der Waals surface area contributed by atoms with Crippen LogP contribution >= 0.6 is 0 Å². The third-order valence-electron chi connectivity index (χ3n) is 3.77. The number of aromatic hydroxyl groups is 1. The molecule has 0 amide bonds. The molecule has 0 bridgehead atoms. The molecule has 0 spiro atoms. The first-order valence-corrected chi connectivity index (χ1v) is 7.60. The smallest absolute Gasteiger partial charge is 0.299 e. The Hall–Kier alpha value is -3.09. The second-order valence-corrected chi connectivity index (χ2v) is 5.24. The van der Waals surface area contributed by atoms with Gasteiger partial charge in [0, 0.05) is 0 Å². The topological polar surface area (TPSA) is 93.0 Å². The average Bonchev–Trinajstić information content (AvgIpc) is 2.89. The van der Waals surface area contributed by atoms with Crippen molar-refractivity contribution in [2.45, 2.75) is 20.3 Å². The standard InChI is InChI=1S/C17H18N4O3/c1-4-11-12(5-2)20-21-13(16(23)19-17(21)18-11)8-10-6-7-14(22)15(9-10)24-3/h5-9,20,22H,4H2,1-3H3/b12-5-,13-8-. The number of imidazole rings is 1. The van der Waals surface area contributed by atoms with E-state index in [1.807, 2.05) is 19.9 Å². The molecular formula is C17H18N4O3. The number of hydrogen-bond acceptors (Lipinski definition) is 5. The molecular weight excluding hydrogens is 308 g/mol. The molecule has 0 saturated carbocycles. The van der Waals surface area contributed by atoms with E-state index in [2.05, 4.69) is 15.1 Å². The lowest BCUT2D eigenvalue weighted by Gasteiger charge is -2.06. The zero-order valence-electron chi connectivity index (χ0n) is 13.7. The maximum Gasteiger partial charge on any atom is 0.299 e. The minimum absolute atomic E-state index is 0.0406. The number of hydrogen-bond donors (Lipinski definition) is 2. The van der Waals surface area contributed by atoms with E-state index in [0.29, 0.717) is 22.6 Å². The SMILES string of the molecule is C/C=c1\[nH]n2/c(=C\c3ccc(O)c(OC)c3)c(=O)nc-2nc1CC. The van der Waals surface area contributed by atoms with Gasteiger partial charge in [0.05, 0.1) is 18.2 Å². The molecule has 2 heterocycles. The van der Waals surface area contributed by atoms with Crippen LogP contribution in [-0.2, 0) is 6.42 Å². The number of fused-ring (bicyclic) bond motifs is 1. The molecule has 24 heavy (non-hydrogen) atoms. The number of ether oxygens (including phenoxy) is 1. The van der Waals surface area contributed by atoms with Gasteiger partial charge in [-0.2, -0.15) is 4.98 Å². The number of aromatic amines is 1. The Balaban J connectivity index is 2.27. The molecule has 0 aromatic heterocycles. The summed E-state index contributed by atoms with van der Waals surface area (Å²) >= 11 is 0. The van der Waals surface area contributed by atoms with Gasteiger partial charge in [0.2, 0.25) is 0 Å². The minimum Gasteiger partial charge on any atom is -0.504 e. The van der Waals surface area contributed by atoms with E-state index in [1.54, 1.807) is 22.9 Å². The van der Waals surface area contributed by atoms with Gasteiger partial charge in [0.1, 0.15) is 5.35 Å². The molecule has 1 aromatic rings. The van der Waals surface area contributed by atoms with Gasteiger partial charge in [-0.1, -0.05) is 19.1 Å². The van der Waals surface area contributed by atoms with Crippen LogP contribution in [0.1, 0.15) is 25.1 Å². The highest BCUT2D eigenvalue weighted by atomic mass is 16.5. The summed E-state index contributed by atoms with van der Waals surface area (Å²) in [6, 6.07) is 4.85. The Labute approximate surface area is 137 Å². The van der Waals surface area contributed by atoms with E-state index < -0.39 is 0 Å². The van der Waals surface area contributed by atoms with Gasteiger partial charge in [-0.3, -0.25) is 9.89 Å². The number of nitrogens with zero attached hydrogens (tertiary/aromatic N) is 3. The van der Waals surface area contributed by atoms with Gasteiger partial charge >= 0.3 is 0 Å². The summed E-state index contributed by atoms with van der Waals surface area (Å²) in [7, 11) is 1.47. The van der Waals surface area contributed by atoms with E-state index in [4.69, 9.17) is 4.74 Å². The fourth-order valence-corrected chi connectivity index (χ4v) is 2.52. The maximum atomic E-state index is 12.2. The molecule has 2 aliphatic heterocycles. The van der Waals surface area contributed by atoms with Crippen LogP contribution in [0.25, 0.3) is 18.1 Å². The highest BCUT2D eigenvalue weighted by Crippen LogP contribution is 2.26. The van der Waals surface area contributed by atoms with Gasteiger partial charge in [-0.05, 0) is 37.1 Å². The Morgan fingerprint density at radius 1 is 1.38 bits per heavy atom. The lowest BCUT2D eigenvalue weighted by atomic mass is 10.2. The van der Waals surface area contributed by atoms with E-state index in [1.165, 1.54) is 13.2 Å². The number of rotatable bonds is 3. The number of phenolic OH excluding ortho intramolecular Hbond substituents is 1. The van der Waals surface area contributed by atoms with E-state index in [0.717, 1.165) is 17.5 Å². The van der Waals surface area contributed by atoms with Crippen molar-refractivity contribution in [1.29, 1.82) is 0 Å². The average molecular weight is 326 g/mol. The summed E-state index contributed by atoms with van der Waals surface area (Å²) in [5.74, 6) is 0.709. The fraction of sp³-hybridized carbons (Fsp3) is 0.235. The predicted molar refractivity (Wildman–Crippen MR) is 90.2 cm³/mol. The van der Waals surface area contributed by atoms with Gasteiger partial charge < -0.3 is 9.84 Å². The first-order valence-electron chi connectivity index (χ1n) is 7.60. The molecule has 2 N–H and O–H groups in total. The Bertz CT molecular complexity index is 1030. The Morgan fingerprint density at radius 3 is 2.83 bits per heavy atom. The third-order valence-corrected chi connectivity index (χ3v) is 3.77. The zero-order chi connectivity index (χ0) is 17.3. The molecule has 0 unspecified atom stereocenters. The van der Waals surface area contributed by atoms with Crippen molar-refractivity contribution in [2.24, 2.45) is 0 Å². The summed E-state index contributed by atoms with van der Waals surface area (Å²) in [4.78, 5) is 20.7. The molecule has 124 valence electrons. The highest BCUT2D eigenvalue weighted by molar-refractivity contribution is 5.55. The third kappa shape index (κ3) is 2.64. The number of aromatic nitrogens is 4. The minimum atomic E-state index is -0.374. The number of H-pyrrole nitrogens is 1. The molecule has 2 aliphatic rings. The number of aryl methyl sites for hydroxylation is 1. The van der Waals surface area contributed by atoms with Crippen LogP contribution in [0, 0.1) is 0 Å². The zero-order valence-corrected chi connectivity index (χ0v) is 13.7. The van der Waals surface area contributed by atoms with Gasteiger partial charge in [0.25, 0.3) is 11.5 Å². The molecule has 0 radical (unpaired) electrons. The molecule has 0 saturated heterocycles. The highest BCUT2D eigenvalue weighted by Gasteiger charge is 2.13. The van der Waals surface area contributed by atoms with Crippen molar-refractivity contribution >= 4 is 12.2 Å². The maximum absolute atomic E-state index is 12.2. The van der Waals surface area contributed by atoms with Crippen LogP contribution < -0.4 is 21.0 Å². The van der Waals surface area contributed by atoms with Crippen LogP contribution in [0.15, 0.2) is 23.0 Å². The van der Waals surface area contributed by atoms with Gasteiger partial charge in [0.15, 0.2) is 11.5 Å². The van der Waals surface area contributed by atoms with Crippen molar-refractivity contribution in [3.8, 4) is 17.4 Å². The first kappa shape index (κ1) is 15.8. The van der Waals surface area contributed by atoms with Crippen LogP contribution in [0.4, 0.5) is 0 Å². The number of benzene rings is 1. The number of methoxy groups -OCH3 is 1. The van der Waals surface area contributed by atoms with E-state index in [9.17, 15) is 9.90 Å². The normalized spacial score (nSPS) is 13.0. The Morgan fingerprint density at radius 2 is 2.17 bits per heavy atom. The molecule has 0 atom stereocenters. The lowest BCUT2D eigenvalue weighted by Crippen LogP contribution is -2.33. The van der Waals surface area contributed by atoms with Crippen LogP contribution in [0.5, 0.6) is 11.5 Å². The monoisotopic (exact) mass is 326 g/mol. The summed E-state index contributed by atoms with van der Waals surface area (Å²) in [5.41, 5.74) is 1.19. The van der Waals surface area contributed by atoms with Crippen LogP contribution in [0.2, 0.25) is 0 Å². The van der Waals surface area contributed by atoms with E-state index in [-0.39, 0.29) is 11.3 Å². The van der Waals surface area contributed by atoms with Crippen molar-refractivity contribution in [3.05, 3.63) is 50.5 Å². The van der Waals surface area contributed by atoms with Crippen molar-refractivity contribution < 1.29 is 9.84 Å². The van der Waals surface area contributed by atoms with E-state index >= 15 is 0 Å². The lowest BCUT2D eigenvalue weighted by molar-refractivity contribution is 0.373. The number of nitrogens with one attached hydrogen (secondary N) is 1. The van der Waals surface area contributed by atoms with Crippen LogP contribution in [0.3, 0.4) is 0 Å². The quantitative estimate of drug-likeness (QED) is 0.722. The second-order valence-electron chi connectivity index (χ2n) is 5.24. The fourth-order valence-electron chi connectivity index (χ4n) is 2.52. The molecule has 0 aliphatic carbocycles. The first-order chi connectivity index (χ1) is 11.6. The molecule has 0 fully saturated rings. The molecule has 7 nitrogen and oxygen atoms in total. The summed E-state index contributed by atoms with van der Waals surface area (Å²) in [6.07, 6.45) is 4.32.